The summed E-state index contributed by atoms with van der Waals surface area (Å²) in [5.41, 5.74) is 0.269. The fourth-order valence-electron chi connectivity index (χ4n) is 3.59. The number of aromatic nitrogens is 2. The van der Waals surface area contributed by atoms with Crippen LogP contribution in [0.15, 0.2) is 16.5 Å². The molecule has 4 rings (SSSR count). The summed E-state index contributed by atoms with van der Waals surface area (Å²) < 4.78 is 32.8. The molecule has 0 spiro atoms. The zero-order valence-corrected chi connectivity index (χ0v) is 18.3. The highest BCUT2D eigenvalue weighted by Crippen LogP contribution is 2.41. The Morgan fingerprint density at radius 2 is 2.03 bits per heavy atom. The van der Waals surface area contributed by atoms with E-state index in [1.54, 1.807) is 13.8 Å². The normalized spacial score (nSPS) is 18.9. The third kappa shape index (κ3) is 4.33. The number of nitrogens with one attached hydrogen (secondary N) is 2. The Morgan fingerprint density at radius 3 is 2.74 bits per heavy atom. The van der Waals surface area contributed by atoms with Crippen molar-refractivity contribution in [3.63, 3.8) is 0 Å². The molecular formula is C20H23F2N5O3S. The summed E-state index contributed by atoms with van der Waals surface area (Å²) in [6.07, 6.45) is 0.588. The predicted molar refractivity (Wildman–Crippen MR) is 113 cm³/mol. The van der Waals surface area contributed by atoms with Crippen molar-refractivity contribution in [2.75, 3.05) is 16.8 Å². The van der Waals surface area contributed by atoms with Crippen LogP contribution in [0.1, 0.15) is 44.3 Å². The molecule has 11 heteroatoms. The lowest BCUT2D eigenvalue weighted by Gasteiger charge is -2.36. The molecule has 1 aromatic carbocycles. The topological polar surface area (TPSA) is 104 Å². The standard InChI is InChI=1S/C20H23F2N5O3S/c1-9-5-14-16(31-18(24-14)26-17(28)23-8-20(3,4)29)10(2)27(9)19-25-13-6-11(21)12(22)7-15(13)30-19/h6-7,9-10,29H,5,8H2,1-4H3,(H2,23,24,26,28)/t9-,10+/m1/s1. The Bertz CT molecular complexity index is 1100. The van der Waals surface area contributed by atoms with Gasteiger partial charge in [0, 0.05) is 31.1 Å². The number of nitrogens with zero attached hydrogens (tertiary/aromatic N) is 3. The van der Waals surface area contributed by atoms with Crippen LogP contribution in [-0.2, 0) is 6.42 Å². The van der Waals surface area contributed by atoms with Crippen molar-refractivity contribution in [1.29, 1.82) is 0 Å². The van der Waals surface area contributed by atoms with Gasteiger partial charge in [0.2, 0.25) is 0 Å². The number of anilines is 2. The summed E-state index contributed by atoms with van der Waals surface area (Å²) >= 11 is 1.34. The van der Waals surface area contributed by atoms with E-state index in [9.17, 15) is 18.7 Å². The summed E-state index contributed by atoms with van der Waals surface area (Å²) in [7, 11) is 0. The maximum absolute atomic E-state index is 13.5. The molecule has 2 aromatic heterocycles. The number of urea groups is 1. The summed E-state index contributed by atoms with van der Waals surface area (Å²) in [4.78, 5) is 23.9. The molecule has 166 valence electrons. The maximum atomic E-state index is 13.5. The van der Waals surface area contributed by atoms with Gasteiger partial charge >= 0.3 is 6.03 Å². The van der Waals surface area contributed by atoms with Gasteiger partial charge in [0.25, 0.3) is 6.01 Å². The van der Waals surface area contributed by atoms with Crippen molar-refractivity contribution in [3.8, 4) is 0 Å². The van der Waals surface area contributed by atoms with E-state index in [1.165, 1.54) is 11.3 Å². The van der Waals surface area contributed by atoms with Crippen LogP contribution in [0.5, 0.6) is 0 Å². The van der Waals surface area contributed by atoms with E-state index in [0.29, 0.717) is 11.6 Å². The minimum atomic E-state index is -1.02. The average Bonchev–Trinajstić information content (AvgIpc) is 3.23. The van der Waals surface area contributed by atoms with Gasteiger partial charge in [-0.25, -0.2) is 18.6 Å². The summed E-state index contributed by atoms with van der Waals surface area (Å²) in [5, 5.41) is 15.5. The minimum absolute atomic E-state index is 0.0378. The molecule has 2 atom stereocenters. The molecular weight excluding hydrogens is 428 g/mol. The van der Waals surface area contributed by atoms with Crippen molar-refractivity contribution < 1.29 is 23.1 Å². The van der Waals surface area contributed by atoms with E-state index < -0.39 is 23.3 Å². The Balaban J connectivity index is 1.56. The third-order valence-electron chi connectivity index (χ3n) is 5.03. The molecule has 0 unspecified atom stereocenters. The van der Waals surface area contributed by atoms with Gasteiger partial charge in [-0.3, -0.25) is 5.32 Å². The molecule has 3 heterocycles. The van der Waals surface area contributed by atoms with Crippen molar-refractivity contribution in [3.05, 3.63) is 34.3 Å². The molecule has 0 saturated heterocycles. The molecule has 0 bridgehead atoms. The summed E-state index contributed by atoms with van der Waals surface area (Å²) in [6, 6.07) is 1.62. The molecule has 1 aliphatic heterocycles. The SMILES string of the molecule is C[C@@H]1Cc2nc(NC(=O)NCC(C)(C)O)sc2[C@H](C)N1c1nc2cc(F)c(F)cc2o1. The molecule has 1 aliphatic rings. The second-order valence-corrected chi connectivity index (χ2v) is 9.35. The second-order valence-electron chi connectivity index (χ2n) is 8.32. The largest absolute Gasteiger partial charge is 0.423 e. The van der Waals surface area contributed by atoms with Crippen LogP contribution in [0.3, 0.4) is 0 Å². The Labute approximate surface area is 181 Å². The van der Waals surface area contributed by atoms with Gasteiger partial charge in [-0.05, 0) is 27.7 Å². The van der Waals surface area contributed by atoms with Crippen LogP contribution in [-0.4, -0.2) is 39.3 Å². The number of amides is 2. The molecule has 3 aromatic rings. The van der Waals surface area contributed by atoms with E-state index in [1.807, 2.05) is 18.7 Å². The third-order valence-corrected chi connectivity index (χ3v) is 6.21. The lowest BCUT2D eigenvalue weighted by Crippen LogP contribution is -2.41. The van der Waals surface area contributed by atoms with Crippen molar-refractivity contribution in [1.82, 2.24) is 15.3 Å². The lowest BCUT2D eigenvalue weighted by molar-refractivity contribution is 0.0826. The van der Waals surface area contributed by atoms with Crippen LogP contribution in [0, 0.1) is 11.6 Å². The molecule has 3 N–H and O–H groups in total. The summed E-state index contributed by atoms with van der Waals surface area (Å²) in [5.74, 6) is -1.96. The maximum Gasteiger partial charge on any atom is 0.321 e. The second kappa shape index (κ2) is 7.72. The Morgan fingerprint density at radius 1 is 1.32 bits per heavy atom. The van der Waals surface area contributed by atoms with E-state index in [0.717, 1.165) is 22.7 Å². The van der Waals surface area contributed by atoms with Gasteiger partial charge in [-0.2, -0.15) is 4.98 Å². The van der Waals surface area contributed by atoms with Crippen LogP contribution in [0.25, 0.3) is 11.1 Å². The van der Waals surface area contributed by atoms with Gasteiger partial charge in [-0.1, -0.05) is 11.3 Å². The molecule has 31 heavy (non-hydrogen) atoms. The number of hydrogen-bond donors (Lipinski definition) is 3. The number of halogens is 2. The first-order valence-corrected chi connectivity index (χ1v) is 10.6. The van der Waals surface area contributed by atoms with E-state index in [-0.39, 0.29) is 35.7 Å². The number of rotatable bonds is 4. The fraction of sp³-hybridized carbons (Fsp3) is 0.450. The minimum Gasteiger partial charge on any atom is -0.423 e. The Hall–Kier alpha value is -2.79. The molecule has 2 amide bonds. The van der Waals surface area contributed by atoms with Crippen molar-refractivity contribution in [2.45, 2.75) is 51.8 Å². The van der Waals surface area contributed by atoms with Crippen molar-refractivity contribution >= 4 is 39.6 Å². The highest BCUT2D eigenvalue weighted by molar-refractivity contribution is 7.16. The van der Waals surface area contributed by atoms with Gasteiger partial charge in [0.1, 0.15) is 5.52 Å². The van der Waals surface area contributed by atoms with Gasteiger partial charge < -0.3 is 19.7 Å². The van der Waals surface area contributed by atoms with Gasteiger partial charge in [0.05, 0.1) is 22.2 Å². The number of benzene rings is 1. The van der Waals surface area contributed by atoms with Crippen molar-refractivity contribution in [2.24, 2.45) is 0 Å². The van der Waals surface area contributed by atoms with Crippen LogP contribution in [0.4, 0.5) is 24.7 Å². The van der Waals surface area contributed by atoms with E-state index >= 15 is 0 Å². The number of carbonyl (C=O) groups excluding carboxylic acids is 1. The predicted octanol–water partition coefficient (Wildman–Crippen LogP) is 3.97. The number of carbonyl (C=O) groups is 1. The number of fused-ring (bicyclic) bond motifs is 2. The molecule has 0 aliphatic carbocycles. The molecule has 0 saturated carbocycles. The number of thiazole rings is 1. The number of aliphatic hydroxyl groups is 1. The zero-order valence-electron chi connectivity index (χ0n) is 17.5. The highest BCUT2D eigenvalue weighted by Gasteiger charge is 2.35. The average molecular weight is 451 g/mol. The fourth-order valence-corrected chi connectivity index (χ4v) is 4.63. The van der Waals surface area contributed by atoms with E-state index in [4.69, 9.17) is 4.42 Å². The molecule has 0 radical (unpaired) electrons. The number of hydrogen-bond acceptors (Lipinski definition) is 7. The first-order valence-electron chi connectivity index (χ1n) is 9.82. The summed E-state index contributed by atoms with van der Waals surface area (Å²) in [6.45, 7) is 7.24. The van der Waals surface area contributed by atoms with Gasteiger partial charge in [0.15, 0.2) is 22.3 Å². The molecule has 0 fully saturated rings. The van der Waals surface area contributed by atoms with E-state index in [2.05, 4.69) is 20.6 Å². The first-order chi connectivity index (χ1) is 14.5. The smallest absolute Gasteiger partial charge is 0.321 e. The first kappa shape index (κ1) is 21.4. The van der Waals surface area contributed by atoms with Crippen LogP contribution < -0.4 is 15.5 Å². The van der Waals surface area contributed by atoms with Crippen LogP contribution in [0.2, 0.25) is 0 Å². The monoisotopic (exact) mass is 451 g/mol. The quantitative estimate of drug-likeness (QED) is 0.555. The van der Waals surface area contributed by atoms with Crippen LogP contribution >= 0.6 is 11.3 Å². The zero-order chi connectivity index (χ0) is 22.5. The molecule has 8 nitrogen and oxygen atoms in total. The van der Waals surface area contributed by atoms with Gasteiger partial charge in [-0.15, -0.1) is 0 Å². The Kier molecular flexibility index (Phi) is 5.34. The highest BCUT2D eigenvalue weighted by atomic mass is 32.1. The number of oxazole rings is 1. The lowest BCUT2D eigenvalue weighted by atomic mass is 10.0.